The monoisotopic (exact) mass is 271 g/mol. The summed E-state index contributed by atoms with van der Waals surface area (Å²) in [5.41, 5.74) is -0.405. The van der Waals surface area contributed by atoms with E-state index in [2.05, 4.69) is 19.2 Å². The Bertz CT molecular complexity index is 321. The van der Waals surface area contributed by atoms with Crippen LogP contribution in [0.1, 0.15) is 52.4 Å². The molecule has 19 heavy (non-hydrogen) atoms. The molecule has 1 unspecified atom stereocenters. The Hall–Kier alpha value is -1.10. The van der Waals surface area contributed by atoms with E-state index >= 15 is 0 Å². The van der Waals surface area contributed by atoms with Crippen LogP contribution in [0.4, 0.5) is 0 Å². The highest BCUT2D eigenvalue weighted by atomic mass is 16.4. The molecular formula is C14H25NO4. The first-order valence-corrected chi connectivity index (χ1v) is 7.06. The van der Waals surface area contributed by atoms with E-state index in [1.807, 2.05) is 0 Å². The average molecular weight is 271 g/mol. The molecule has 5 heteroatoms. The molecule has 0 bridgehead atoms. The molecule has 0 aliphatic heterocycles. The Labute approximate surface area is 114 Å². The molecule has 0 aromatic heterocycles. The van der Waals surface area contributed by atoms with Crippen molar-refractivity contribution in [1.29, 1.82) is 0 Å². The van der Waals surface area contributed by atoms with E-state index in [1.54, 1.807) is 0 Å². The van der Waals surface area contributed by atoms with Gasteiger partial charge in [-0.2, -0.15) is 0 Å². The summed E-state index contributed by atoms with van der Waals surface area (Å²) >= 11 is 0. The normalized spacial score (nSPS) is 19.4. The molecule has 1 aliphatic rings. The van der Waals surface area contributed by atoms with Crippen molar-refractivity contribution < 1.29 is 19.8 Å². The summed E-state index contributed by atoms with van der Waals surface area (Å²) in [5.74, 6) is -0.829. The number of hydrogen-bond donors (Lipinski definition) is 3. The van der Waals surface area contributed by atoms with Crippen LogP contribution in [-0.4, -0.2) is 34.7 Å². The molecule has 1 fully saturated rings. The molecule has 1 saturated carbocycles. The van der Waals surface area contributed by atoms with E-state index in [-0.39, 0.29) is 18.9 Å². The molecule has 0 aromatic carbocycles. The fourth-order valence-corrected chi connectivity index (χ4v) is 3.05. The van der Waals surface area contributed by atoms with Crippen molar-refractivity contribution in [2.45, 2.75) is 58.4 Å². The SMILES string of the molecule is CC(C)CC1(C(=O)NC(CCO)C(=O)O)CCCC1. The summed E-state index contributed by atoms with van der Waals surface area (Å²) in [4.78, 5) is 23.5. The van der Waals surface area contributed by atoms with Gasteiger partial charge in [-0.15, -0.1) is 0 Å². The first-order valence-electron chi connectivity index (χ1n) is 7.06. The highest BCUT2D eigenvalue weighted by molar-refractivity contribution is 5.87. The Balaban J connectivity index is 2.74. The smallest absolute Gasteiger partial charge is 0.326 e. The van der Waals surface area contributed by atoms with Crippen molar-refractivity contribution in [2.24, 2.45) is 11.3 Å². The van der Waals surface area contributed by atoms with Crippen LogP contribution < -0.4 is 5.32 Å². The fourth-order valence-electron chi connectivity index (χ4n) is 3.05. The molecule has 0 aromatic rings. The van der Waals surface area contributed by atoms with Gasteiger partial charge in [0.1, 0.15) is 6.04 Å². The first-order chi connectivity index (χ1) is 8.91. The predicted molar refractivity (Wildman–Crippen MR) is 71.6 cm³/mol. The number of rotatable bonds is 7. The molecule has 1 amide bonds. The zero-order valence-electron chi connectivity index (χ0n) is 11.8. The van der Waals surface area contributed by atoms with Gasteiger partial charge in [0.2, 0.25) is 5.91 Å². The Morgan fingerprint density at radius 2 is 1.84 bits per heavy atom. The molecule has 0 heterocycles. The highest BCUT2D eigenvalue weighted by Crippen LogP contribution is 2.43. The van der Waals surface area contributed by atoms with Gasteiger partial charge in [0.05, 0.1) is 0 Å². The third kappa shape index (κ3) is 4.20. The van der Waals surface area contributed by atoms with Gasteiger partial charge in [-0.3, -0.25) is 4.79 Å². The number of aliphatic hydroxyl groups excluding tert-OH is 1. The van der Waals surface area contributed by atoms with Gasteiger partial charge in [-0.1, -0.05) is 26.7 Å². The number of nitrogens with one attached hydrogen (secondary N) is 1. The maximum absolute atomic E-state index is 12.4. The van der Waals surface area contributed by atoms with Crippen LogP contribution in [0.2, 0.25) is 0 Å². The third-order valence-corrected chi connectivity index (χ3v) is 3.86. The molecule has 1 atom stereocenters. The fraction of sp³-hybridized carbons (Fsp3) is 0.857. The van der Waals surface area contributed by atoms with Gasteiger partial charge in [0.25, 0.3) is 0 Å². The number of aliphatic hydroxyl groups is 1. The second-order valence-electron chi connectivity index (χ2n) is 5.96. The van der Waals surface area contributed by atoms with Gasteiger partial charge in [0.15, 0.2) is 0 Å². The van der Waals surface area contributed by atoms with Crippen molar-refractivity contribution in [1.82, 2.24) is 5.32 Å². The zero-order valence-corrected chi connectivity index (χ0v) is 11.8. The maximum atomic E-state index is 12.4. The third-order valence-electron chi connectivity index (χ3n) is 3.86. The number of amides is 1. The minimum Gasteiger partial charge on any atom is -0.480 e. The topological polar surface area (TPSA) is 86.6 Å². The van der Waals surface area contributed by atoms with Gasteiger partial charge in [0, 0.05) is 18.4 Å². The molecule has 3 N–H and O–H groups in total. The first kappa shape index (κ1) is 16.0. The van der Waals surface area contributed by atoms with E-state index in [1.165, 1.54) is 0 Å². The number of aliphatic carboxylic acids is 1. The average Bonchev–Trinajstić information content (AvgIpc) is 2.77. The second kappa shape index (κ2) is 6.89. The quantitative estimate of drug-likeness (QED) is 0.655. The molecule has 5 nitrogen and oxygen atoms in total. The number of carboxylic acids is 1. The molecule has 0 radical (unpaired) electrons. The van der Waals surface area contributed by atoms with Crippen molar-refractivity contribution >= 4 is 11.9 Å². The van der Waals surface area contributed by atoms with Crippen LogP contribution in [0.15, 0.2) is 0 Å². The van der Waals surface area contributed by atoms with Crippen LogP contribution in [0.25, 0.3) is 0 Å². The van der Waals surface area contributed by atoms with Crippen LogP contribution in [0.3, 0.4) is 0 Å². The number of carboxylic acid groups (broad SMARTS) is 1. The van der Waals surface area contributed by atoms with E-state index in [9.17, 15) is 9.59 Å². The summed E-state index contributed by atoms with van der Waals surface area (Å²) in [7, 11) is 0. The van der Waals surface area contributed by atoms with Gasteiger partial charge in [-0.25, -0.2) is 4.79 Å². The number of hydrogen-bond acceptors (Lipinski definition) is 3. The minimum atomic E-state index is -1.08. The number of carbonyl (C=O) groups excluding carboxylic acids is 1. The Morgan fingerprint density at radius 1 is 1.26 bits per heavy atom. The molecule has 1 rings (SSSR count). The summed E-state index contributed by atoms with van der Waals surface area (Å²) in [6.45, 7) is 3.92. The maximum Gasteiger partial charge on any atom is 0.326 e. The molecule has 110 valence electrons. The van der Waals surface area contributed by atoms with E-state index in [0.717, 1.165) is 32.1 Å². The van der Waals surface area contributed by atoms with E-state index < -0.39 is 17.4 Å². The van der Waals surface area contributed by atoms with Crippen LogP contribution >= 0.6 is 0 Å². The van der Waals surface area contributed by atoms with Gasteiger partial charge >= 0.3 is 5.97 Å². The lowest BCUT2D eigenvalue weighted by atomic mass is 9.77. The van der Waals surface area contributed by atoms with Crippen molar-refractivity contribution in [3.8, 4) is 0 Å². The van der Waals surface area contributed by atoms with Crippen LogP contribution in [0.5, 0.6) is 0 Å². The van der Waals surface area contributed by atoms with Crippen LogP contribution in [0, 0.1) is 11.3 Å². The summed E-state index contributed by atoms with van der Waals surface area (Å²) in [6.07, 6.45) is 4.57. The van der Waals surface area contributed by atoms with Crippen molar-refractivity contribution in [3.63, 3.8) is 0 Å². The molecular weight excluding hydrogens is 246 g/mol. The standard InChI is InChI=1S/C14H25NO4/c1-10(2)9-14(6-3-4-7-14)13(19)15-11(5-8-16)12(17)18/h10-11,16H,3-9H2,1-2H3,(H,15,19)(H,17,18). The lowest BCUT2D eigenvalue weighted by Gasteiger charge is -2.30. The molecule has 0 saturated heterocycles. The molecule has 0 spiro atoms. The van der Waals surface area contributed by atoms with E-state index in [0.29, 0.717) is 5.92 Å². The highest BCUT2D eigenvalue weighted by Gasteiger charge is 2.42. The summed E-state index contributed by atoms with van der Waals surface area (Å²) in [5, 5.41) is 20.5. The lowest BCUT2D eigenvalue weighted by Crippen LogP contribution is -2.48. The van der Waals surface area contributed by atoms with Crippen molar-refractivity contribution in [2.75, 3.05) is 6.61 Å². The summed E-state index contributed by atoms with van der Waals surface area (Å²) in [6, 6.07) is -0.984. The molecule has 1 aliphatic carbocycles. The minimum absolute atomic E-state index is 0.0544. The van der Waals surface area contributed by atoms with Crippen molar-refractivity contribution in [3.05, 3.63) is 0 Å². The second-order valence-corrected chi connectivity index (χ2v) is 5.96. The lowest BCUT2D eigenvalue weighted by molar-refractivity contribution is -0.144. The van der Waals surface area contributed by atoms with E-state index in [4.69, 9.17) is 10.2 Å². The zero-order chi connectivity index (χ0) is 14.5. The number of carbonyl (C=O) groups is 2. The van der Waals surface area contributed by atoms with Crippen LogP contribution in [-0.2, 0) is 9.59 Å². The predicted octanol–water partition coefficient (Wildman–Crippen LogP) is 1.54. The largest absolute Gasteiger partial charge is 0.480 e. The summed E-state index contributed by atoms with van der Waals surface area (Å²) < 4.78 is 0. The Kier molecular flexibility index (Phi) is 5.79. The van der Waals surface area contributed by atoms with Gasteiger partial charge in [-0.05, 0) is 25.2 Å². The Morgan fingerprint density at radius 3 is 2.26 bits per heavy atom. The van der Waals surface area contributed by atoms with Gasteiger partial charge < -0.3 is 15.5 Å².